The van der Waals surface area contributed by atoms with Gasteiger partial charge in [-0.3, -0.25) is 9.81 Å². The number of hydrogen-bond acceptors (Lipinski definition) is 3. The maximum absolute atomic E-state index is 8.50. The lowest BCUT2D eigenvalue weighted by Gasteiger charge is -2.07. The van der Waals surface area contributed by atoms with Crippen molar-refractivity contribution in [3.63, 3.8) is 0 Å². The Morgan fingerprint density at radius 1 is 1.04 bits per heavy atom. The molecular formula is C19H16N4. The first-order valence-corrected chi connectivity index (χ1v) is 7.67. The van der Waals surface area contributed by atoms with Crippen LogP contribution in [-0.2, 0) is 6.42 Å². The van der Waals surface area contributed by atoms with Crippen LogP contribution < -0.4 is 5.49 Å². The van der Waals surface area contributed by atoms with Crippen molar-refractivity contribution in [1.29, 1.82) is 5.41 Å². The number of hydrogen-bond donors (Lipinski definition) is 1. The molecule has 0 amide bonds. The highest BCUT2D eigenvalue weighted by atomic mass is 15.0. The monoisotopic (exact) mass is 300 g/mol. The minimum absolute atomic E-state index is 0.415. The van der Waals surface area contributed by atoms with Crippen LogP contribution in [0.5, 0.6) is 0 Å². The summed E-state index contributed by atoms with van der Waals surface area (Å²) in [5.74, 6) is 0. The molecule has 0 aliphatic rings. The SMILES string of the molecule is CCc1ccn2c(=N)c3cc(-c4ccccc4)cnc3nc2c1. The third-order valence-corrected chi connectivity index (χ3v) is 4.10. The van der Waals surface area contributed by atoms with Gasteiger partial charge in [-0.15, -0.1) is 0 Å². The van der Waals surface area contributed by atoms with Crippen LogP contribution in [0.25, 0.3) is 27.8 Å². The largest absolute Gasteiger partial charge is 0.286 e. The summed E-state index contributed by atoms with van der Waals surface area (Å²) in [6.45, 7) is 2.11. The smallest absolute Gasteiger partial charge is 0.165 e. The van der Waals surface area contributed by atoms with Gasteiger partial charge in [0.15, 0.2) is 5.65 Å². The van der Waals surface area contributed by atoms with Crippen LogP contribution in [0.3, 0.4) is 0 Å². The summed E-state index contributed by atoms with van der Waals surface area (Å²) in [6, 6.07) is 16.1. The van der Waals surface area contributed by atoms with Gasteiger partial charge in [0.05, 0.1) is 5.39 Å². The van der Waals surface area contributed by atoms with E-state index in [0.717, 1.165) is 28.6 Å². The van der Waals surface area contributed by atoms with E-state index in [9.17, 15) is 0 Å². The highest BCUT2D eigenvalue weighted by Crippen LogP contribution is 2.20. The minimum Gasteiger partial charge on any atom is -0.286 e. The molecule has 0 aliphatic heterocycles. The van der Waals surface area contributed by atoms with Crippen molar-refractivity contribution in [2.75, 3.05) is 0 Å². The molecule has 0 unspecified atom stereocenters. The predicted molar refractivity (Wildman–Crippen MR) is 91.2 cm³/mol. The minimum atomic E-state index is 0.415. The number of nitrogens with one attached hydrogen (secondary N) is 1. The molecule has 4 heteroatoms. The highest BCUT2D eigenvalue weighted by molar-refractivity contribution is 5.81. The Hall–Kier alpha value is -3.01. The molecule has 3 aromatic heterocycles. The molecule has 4 aromatic rings. The van der Waals surface area contributed by atoms with Gasteiger partial charge in [-0.05, 0) is 35.7 Å². The Morgan fingerprint density at radius 2 is 1.87 bits per heavy atom. The van der Waals surface area contributed by atoms with E-state index in [1.54, 1.807) is 4.40 Å². The number of benzene rings is 1. The fraction of sp³-hybridized carbons (Fsp3) is 0.105. The zero-order valence-electron chi connectivity index (χ0n) is 12.8. The number of aromatic nitrogens is 3. The van der Waals surface area contributed by atoms with E-state index in [0.29, 0.717) is 11.1 Å². The van der Waals surface area contributed by atoms with Crippen molar-refractivity contribution in [3.05, 3.63) is 72.0 Å². The predicted octanol–water partition coefficient (Wildman–Crippen LogP) is 3.59. The Kier molecular flexibility index (Phi) is 3.15. The van der Waals surface area contributed by atoms with E-state index < -0.39 is 0 Å². The highest BCUT2D eigenvalue weighted by Gasteiger charge is 2.07. The van der Waals surface area contributed by atoms with Crippen LogP contribution >= 0.6 is 0 Å². The van der Waals surface area contributed by atoms with E-state index in [-0.39, 0.29) is 0 Å². The number of rotatable bonds is 2. The number of aryl methyl sites for hydroxylation is 1. The standard InChI is InChI=1S/C19H16N4/c1-2-13-8-9-23-17(10-13)22-19-16(18(23)20)11-15(12-21-19)14-6-4-3-5-7-14/h3-12,20H,2H2,1H3. The molecule has 0 radical (unpaired) electrons. The van der Waals surface area contributed by atoms with E-state index in [1.807, 2.05) is 60.9 Å². The van der Waals surface area contributed by atoms with Gasteiger partial charge in [-0.25, -0.2) is 9.97 Å². The van der Waals surface area contributed by atoms with Crippen LogP contribution in [0.1, 0.15) is 12.5 Å². The van der Waals surface area contributed by atoms with Crippen LogP contribution in [0.2, 0.25) is 0 Å². The molecule has 1 aromatic carbocycles. The maximum Gasteiger partial charge on any atom is 0.165 e. The molecule has 1 N–H and O–H groups in total. The molecule has 0 bridgehead atoms. The first kappa shape index (κ1) is 13.6. The maximum atomic E-state index is 8.50. The van der Waals surface area contributed by atoms with Crippen LogP contribution in [-0.4, -0.2) is 14.4 Å². The van der Waals surface area contributed by atoms with E-state index in [1.165, 1.54) is 5.56 Å². The van der Waals surface area contributed by atoms with Gasteiger partial charge >= 0.3 is 0 Å². The molecular weight excluding hydrogens is 284 g/mol. The van der Waals surface area contributed by atoms with Crippen LogP contribution in [0, 0.1) is 5.41 Å². The summed E-state index contributed by atoms with van der Waals surface area (Å²) in [7, 11) is 0. The molecule has 23 heavy (non-hydrogen) atoms. The average Bonchev–Trinajstić information content (AvgIpc) is 2.62. The third-order valence-electron chi connectivity index (χ3n) is 4.10. The topological polar surface area (TPSA) is 54.0 Å². The lowest BCUT2D eigenvalue weighted by atomic mass is 10.1. The van der Waals surface area contributed by atoms with Crippen molar-refractivity contribution < 1.29 is 0 Å². The zero-order valence-corrected chi connectivity index (χ0v) is 12.8. The average molecular weight is 300 g/mol. The summed E-state index contributed by atoms with van der Waals surface area (Å²) >= 11 is 0. The lowest BCUT2D eigenvalue weighted by Crippen LogP contribution is -2.16. The Morgan fingerprint density at radius 3 is 2.65 bits per heavy atom. The first-order chi connectivity index (χ1) is 11.3. The Labute approximate surface area is 133 Å². The summed E-state index contributed by atoms with van der Waals surface area (Å²) in [5, 5.41) is 9.26. The summed E-state index contributed by atoms with van der Waals surface area (Å²) in [6.07, 6.45) is 4.69. The molecule has 0 saturated heterocycles. The second-order valence-corrected chi connectivity index (χ2v) is 5.54. The third kappa shape index (κ3) is 2.28. The summed E-state index contributed by atoms with van der Waals surface area (Å²) in [4.78, 5) is 9.09. The molecule has 0 saturated carbocycles. The van der Waals surface area contributed by atoms with Crippen molar-refractivity contribution in [2.24, 2.45) is 0 Å². The fourth-order valence-corrected chi connectivity index (χ4v) is 2.77. The van der Waals surface area contributed by atoms with Gasteiger partial charge in [0.25, 0.3) is 0 Å². The van der Waals surface area contributed by atoms with Gasteiger partial charge < -0.3 is 0 Å². The number of nitrogens with zero attached hydrogens (tertiary/aromatic N) is 3. The van der Waals surface area contributed by atoms with Crippen molar-refractivity contribution >= 4 is 16.7 Å². The van der Waals surface area contributed by atoms with Crippen LogP contribution in [0.4, 0.5) is 0 Å². The number of pyridine rings is 2. The fourth-order valence-electron chi connectivity index (χ4n) is 2.77. The lowest BCUT2D eigenvalue weighted by molar-refractivity contribution is 0.982. The van der Waals surface area contributed by atoms with Crippen molar-refractivity contribution in [3.8, 4) is 11.1 Å². The quantitative estimate of drug-likeness (QED) is 0.575. The van der Waals surface area contributed by atoms with E-state index in [4.69, 9.17) is 5.41 Å². The van der Waals surface area contributed by atoms with Gasteiger partial charge in [0, 0.05) is 18.0 Å². The van der Waals surface area contributed by atoms with Crippen molar-refractivity contribution in [2.45, 2.75) is 13.3 Å². The second-order valence-electron chi connectivity index (χ2n) is 5.54. The van der Waals surface area contributed by atoms with E-state index in [2.05, 4.69) is 16.9 Å². The Balaban J connectivity index is 2.00. The summed E-state index contributed by atoms with van der Waals surface area (Å²) in [5.41, 5.74) is 5.09. The molecule has 112 valence electrons. The van der Waals surface area contributed by atoms with Gasteiger partial charge in [-0.1, -0.05) is 37.3 Å². The number of fused-ring (bicyclic) bond motifs is 2. The second kappa shape index (κ2) is 5.32. The summed E-state index contributed by atoms with van der Waals surface area (Å²) < 4.78 is 1.80. The van der Waals surface area contributed by atoms with Gasteiger partial charge in [-0.2, -0.15) is 0 Å². The molecule has 0 atom stereocenters. The molecule has 4 nitrogen and oxygen atoms in total. The molecule has 3 heterocycles. The van der Waals surface area contributed by atoms with E-state index >= 15 is 0 Å². The van der Waals surface area contributed by atoms with Crippen molar-refractivity contribution in [1.82, 2.24) is 14.4 Å². The zero-order chi connectivity index (χ0) is 15.8. The normalized spacial score (nSPS) is 11.2. The molecule has 0 spiro atoms. The van der Waals surface area contributed by atoms with Gasteiger partial charge in [0.2, 0.25) is 0 Å². The Bertz CT molecular complexity index is 1070. The van der Waals surface area contributed by atoms with Crippen LogP contribution in [0.15, 0.2) is 60.9 Å². The molecule has 4 rings (SSSR count). The molecule has 0 fully saturated rings. The molecule has 0 aliphatic carbocycles. The van der Waals surface area contributed by atoms with Gasteiger partial charge in [0.1, 0.15) is 11.1 Å². The first-order valence-electron chi connectivity index (χ1n) is 7.67.